The monoisotopic (exact) mass is 319 g/mol. The van der Waals surface area contributed by atoms with Crippen LogP contribution in [0.4, 0.5) is 4.79 Å². The molecule has 114 valence electrons. The van der Waals surface area contributed by atoms with Gasteiger partial charge in [0.15, 0.2) is 0 Å². The summed E-state index contributed by atoms with van der Waals surface area (Å²) in [4.78, 5) is 42.8. The predicted molar refractivity (Wildman–Crippen MR) is 77.7 cm³/mol. The maximum Gasteiger partial charge on any atom is 0.334 e. The van der Waals surface area contributed by atoms with Crippen LogP contribution >= 0.6 is 11.3 Å². The highest BCUT2D eigenvalue weighted by molar-refractivity contribution is 7.13. The number of amides is 4. The van der Waals surface area contributed by atoms with E-state index in [0.29, 0.717) is 11.6 Å². The maximum absolute atomic E-state index is 12.2. The van der Waals surface area contributed by atoms with Gasteiger partial charge in [-0.3, -0.25) is 14.5 Å². The molecule has 1 aliphatic rings. The number of aromatic nitrogens is 1. The van der Waals surface area contributed by atoms with Crippen molar-refractivity contribution in [2.75, 3.05) is 0 Å². The van der Waals surface area contributed by atoms with Crippen LogP contribution in [0.2, 0.25) is 0 Å². The lowest BCUT2D eigenvalue weighted by Crippen LogP contribution is -2.37. The first kappa shape index (κ1) is 14.5. The fourth-order valence-electron chi connectivity index (χ4n) is 2.17. The molecule has 7 nitrogen and oxygen atoms in total. The fraction of sp³-hybridized carbons (Fsp3) is 0.286. The van der Waals surface area contributed by atoms with Crippen molar-refractivity contribution in [3.05, 3.63) is 29.5 Å². The zero-order chi connectivity index (χ0) is 15.9. The molecule has 22 heavy (non-hydrogen) atoms. The number of thiophene rings is 1. The molecule has 0 unspecified atom stereocenters. The summed E-state index contributed by atoms with van der Waals surface area (Å²) in [7, 11) is 0. The molecule has 2 aromatic heterocycles. The van der Waals surface area contributed by atoms with Crippen molar-refractivity contribution in [2.45, 2.75) is 26.4 Å². The second-order valence-corrected chi connectivity index (χ2v) is 6.01. The van der Waals surface area contributed by atoms with Gasteiger partial charge in [0.2, 0.25) is 5.89 Å². The molecule has 0 N–H and O–H groups in total. The van der Waals surface area contributed by atoms with Crippen LogP contribution in [0, 0.1) is 0 Å². The van der Waals surface area contributed by atoms with E-state index in [-0.39, 0.29) is 12.6 Å². The van der Waals surface area contributed by atoms with Crippen molar-refractivity contribution in [3.63, 3.8) is 0 Å². The Kier molecular flexibility index (Phi) is 3.53. The molecule has 3 rings (SSSR count). The molecule has 1 saturated heterocycles. The summed E-state index contributed by atoms with van der Waals surface area (Å²) in [6, 6.07) is 2.74. The van der Waals surface area contributed by atoms with E-state index in [1.165, 1.54) is 17.6 Å². The summed E-state index contributed by atoms with van der Waals surface area (Å²) in [5.74, 6) is -1.21. The smallest absolute Gasteiger partial charge is 0.334 e. The van der Waals surface area contributed by atoms with Crippen LogP contribution < -0.4 is 0 Å². The predicted octanol–water partition coefficient (Wildman–Crippen LogP) is 2.10. The minimum atomic E-state index is -0.834. The summed E-state index contributed by atoms with van der Waals surface area (Å²) in [6.07, 6.45) is 1.39. The highest BCUT2D eigenvalue weighted by Crippen LogP contribution is 2.25. The van der Waals surface area contributed by atoms with Gasteiger partial charge in [-0.05, 0) is 25.3 Å². The zero-order valence-corrected chi connectivity index (χ0v) is 12.8. The first-order chi connectivity index (χ1) is 10.5. The molecule has 1 aliphatic heterocycles. The van der Waals surface area contributed by atoms with E-state index in [9.17, 15) is 14.4 Å². The number of urea groups is 1. The van der Waals surface area contributed by atoms with Crippen molar-refractivity contribution in [1.82, 2.24) is 14.8 Å². The van der Waals surface area contributed by atoms with Crippen molar-refractivity contribution in [3.8, 4) is 10.8 Å². The average molecular weight is 319 g/mol. The molecule has 0 atom stereocenters. The number of carbonyl (C=O) groups is 3. The van der Waals surface area contributed by atoms with E-state index in [4.69, 9.17) is 4.42 Å². The number of nitrogens with zero attached hydrogens (tertiary/aromatic N) is 3. The van der Waals surface area contributed by atoms with E-state index in [2.05, 4.69) is 4.98 Å². The fourth-order valence-corrected chi connectivity index (χ4v) is 2.83. The van der Waals surface area contributed by atoms with Crippen LogP contribution in [0.15, 0.2) is 28.2 Å². The quantitative estimate of drug-likeness (QED) is 0.636. The van der Waals surface area contributed by atoms with Gasteiger partial charge in [0.25, 0.3) is 0 Å². The molecule has 0 radical (unpaired) electrons. The minimum Gasteiger partial charge on any atom is -0.443 e. The number of rotatable bonds is 4. The summed E-state index contributed by atoms with van der Waals surface area (Å²) < 4.78 is 5.34. The summed E-state index contributed by atoms with van der Waals surface area (Å²) in [6.45, 7) is 3.27. The van der Waals surface area contributed by atoms with Crippen LogP contribution in [-0.2, 0) is 16.1 Å². The van der Waals surface area contributed by atoms with Crippen molar-refractivity contribution in [1.29, 1.82) is 0 Å². The number of hydrogen-bond donors (Lipinski definition) is 0. The van der Waals surface area contributed by atoms with Crippen LogP contribution in [-0.4, -0.2) is 38.7 Å². The zero-order valence-electron chi connectivity index (χ0n) is 12.0. The molecule has 8 heteroatoms. The highest BCUT2D eigenvalue weighted by Gasteiger charge is 2.45. The molecule has 4 amide bonds. The van der Waals surface area contributed by atoms with Gasteiger partial charge in [-0.15, -0.1) is 11.3 Å². The summed E-state index contributed by atoms with van der Waals surface area (Å²) in [5.41, 5.74) is 0.420. The lowest BCUT2D eigenvalue weighted by atomic mass is 10.3. The SMILES string of the molecule is CC(C)N1C(=O)C(=O)N(Cc2coc(-c3cccs3)n2)C1=O. The molecule has 2 aromatic rings. The second-order valence-electron chi connectivity index (χ2n) is 5.06. The molecule has 0 spiro atoms. The molecular weight excluding hydrogens is 306 g/mol. The van der Waals surface area contributed by atoms with E-state index < -0.39 is 17.8 Å². The van der Waals surface area contributed by atoms with E-state index in [1.807, 2.05) is 17.5 Å². The van der Waals surface area contributed by atoms with Crippen LogP contribution in [0.25, 0.3) is 10.8 Å². The van der Waals surface area contributed by atoms with Crippen LogP contribution in [0.1, 0.15) is 19.5 Å². The lowest BCUT2D eigenvalue weighted by molar-refractivity contribution is -0.144. The molecule has 0 bridgehead atoms. The molecule has 1 fully saturated rings. The largest absolute Gasteiger partial charge is 0.443 e. The Morgan fingerprint density at radius 3 is 2.64 bits per heavy atom. The number of imide groups is 2. The van der Waals surface area contributed by atoms with Gasteiger partial charge < -0.3 is 4.42 Å². The van der Waals surface area contributed by atoms with Crippen molar-refractivity contribution < 1.29 is 18.8 Å². The third-order valence-electron chi connectivity index (χ3n) is 3.20. The standard InChI is InChI=1S/C14H13N3O4S/c1-8(2)17-13(19)12(18)16(14(17)20)6-9-7-21-11(15-9)10-4-3-5-22-10/h3-5,7-8H,6H2,1-2H3. The maximum atomic E-state index is 12.2. The van der Waals surface area contributed by atoms with Gasteiger partial charge in [-0.1, -0.05) is 6.07 Å². The Morgan fingerprint density at radius 1 is 1.27 bits per heavy atom. The third kappa shape index (κ3) is 2.31. The molecular formula is C14H13N3O4S. The number of hydrogen-bond acceptors (Lipinski definition) is 6. The molecule has 0 saturated carbocycles. The van der Waals surface area contributed by atoms with Gasteiger partial charge in [-0.25, -0.2) is 14.7 Å². The van der Waals surface area contributed by atoms with Crippen LogP contribution in [0.3, 0.4) is 0 Å². The van der Waals surface area contributed by atoms with E-state index >= 15 is 0 Å². The molecule has 3 heterocycles. The van der Waals surface area contributed by atoms with Gasteiger partial charge in [0.1, 0.15) is 6.26 Å². The highest BCUT2D eigenvalue weighted by atomic mass is 32.1. The normalized spacial score (nSPS) is 15.5. The Bertz CT molecular complexity index is 735. The Labute approximate surface area is 130 Å². The van der Waals surface area contributed by atoms with Crippen molar-refractivity contribution in [2.24, 2.45) is 0 Å². The minimum absolute atomic E-state index is 0.0818. The van der Waals surface area contributed by atoms with Gasteiger partial charge in [-0.2, -0.15) is 0 Å². The molecule has 0 aromatic carbocycles. The van der Waals surface area contributed by atoms with E-state index in [0.717, 1.165) is 14.7 Å². The van der Waals surface area contributed by atoms with Crippen LogP contribution in [0.5, 0.6) is 0 Å². The third-order valence-corrected chi connectivity index (χ3v) is 4.06. The summed E-state index contributed by atoms with van der Waals surface area (Å²) >= 11 is 1.47. The topological polar surface area (TPSA) is 83.7 Å². The number of oxazole rings is 1. The summed E-state index contributed by atoms with van der Waals surface area (Å²) in [5, 5.41) is 1.89. The van der Waals surface area contributed by atoms with E-state index in [1.54, 1.807) is 13.8 Å². The molecule has 0 aliphatic carbocycles. The van der Waals surface area contributed by atoms with Gasteiger partial charge >= 0.3 is 17.8 Å². The first-order valence-electron chi connectivity index (χ1n) is 6.66. The van der Waals surface area contributed by atoms with Gasteiger partial charge in [0, 0.05) is 6.04 Å². The number of carbonyl (C=O) groups excluding carboxylic acids is 3. The van der Waals surface area contributed by atoms with Gasteiger partial charge in [0.05, 0.1) is 17.1 Å². The average Bonchev–Trinajstić information content (AvgIpc) is 3.17. The Morgan fingerprint density at radius 2 is 2.05 bits per heavy atom. The Balaban J connectivity index is 1.80. The lowest BCUT2D eigenvalue weighted by Gasteiger charge is -2.17. The van der Waals surface area contributed by atoms with Crippen molar-refractivity contribution >= 4 is 29.2 Å². The Hall–Kier alpha value is -2.48. The second kappa shape index (κ2) is 5.38. The first-order valence-corrected chi connectivity index (χ1v) is 7.54.